The molecule has 2 amide bonds. The molecule has 0 unspecified atom stereocenters. The van der Waals surface area contributed by atoms with Crippen molar-refractivity contribution in [3.8, 4) is 0 Å². The zero-order valence-electron chi connectivity index (χ0n) is 12.7. The monoisotopic (exact) mass is 359 g/mol. The second kappa shape index (κ2) is 5.95. The first-order valence-electron chi connectivity index (χ1n) is 7.07. The van der Waals surface area contributed by atoms with Crippen molar-refractivity contribution >= 4 is 33.3 Å². The molecule has 8 nitrogen and oxygen atoms in total. The predicted octanol–water partition coefficient (Wildman–Crippen LogP) is 0.943. The van der Waals surface area contributed by atoms with Crippen molar-refractivity contribution in [1.82, 2.24) is 4.72 Å². The van der Waals surface area contributed by atoms with Crippen LogP contribution < -0.4 is 15.8 Å². The molecule has 0 atom stereocenters. The fraction of sp³-hybridized carbons (Fsp3) is 0. The van der Waals surface area contributed by atoms with E-state index >= 15 is 0 Å². The first kappa shape index (κ1) is 16.5. The van der Waals surface area contributed by atoms with E-state index in [1.165, 1.54) is 36.4 Å². The lowest BCUT2D eigenvalue weighted by Gasteiger charge is -2.21. The van der Waals surface area contributed by atoms with Crippen LogP contribution in [-0.4, -0.2) is 25.3 Å². The summed E-state index contributed by atoms with van der Waals surface area (Å²) in [5.74, 6) is -2.20. The lowest BCUT2D eigenvalue weighted by molar-refractivity contribution is -0.113. The van der Waals surface area contributed by atoms with Crippen molar-refractivity contribution in [1.29, 1.82) is 0 Å². The van der Waals surface area contributed by atoms with Gasteiger partial charge in [0.2, 0.25) is 0 Å². The molecule has 2 aromatic rings. The van der Waals surface area contributed by atoms with Crippen molar-refractivity contribution in [2.24, 2.45) is 5.73 Å². The van der Waals surface area contributed by atoms with E-state index in [0.717, 1.165) is 0 Å². The van der Waals surface area contributed by atoms with Crippen molar-refractivity contribution in [3.63, 3.8) is 0 Å². The van der Waals surface area contributed by atoms with Crippen LogP contribution in [-0.2, 0) is 14.8 Å². The maximum Gasteiger partial charge on any atom is 0.276 e. The van der Waals surface area contributed by atoms with E-state index in [0.29, 0.717) is 0 Å². The Balaban J connectivity index is 2.03. The number of hydrogen-bond acceptors (Lipinski definition) is 5. The van der Waals surface area contributed by atoms with Gasteiger partial charge in [-0.1, -0.05) is 24.3 Å². The Morgan fingerprint density at radius 3 is 2.40 bits per heavy atom. The third-order valence-electron chi connectivity index (χ3n) is 3.57. The van der Waals surface area contributed by atoms with E-state index in [4.69, 9.17) is 5.73 Å². The van der Waals surface area contributed by atoms with Crippen LogP contribution in [0.25, 0.3) is 5.76 Å². The second-order valence-electron chi connectivity index (χ2n) is 5.19. The Morgan fingerprint density at radius 1 is 1.04 bits per heavy atom. The molecule has 128 valence electrons. The number of anilines is 1. The number of carbonyl (C=O) groups excluding carboxylic acids is 2. The van der Waals surface area contributed by atoms with Crippen LogP contribution in [0.5, 0.6) is 0 Å². The minimum absolute atomic E-state index is 0.00888. The Kier molecular flexibility index (Phi) is 3.93. The van der Waals surface area contributed by atoms with Crippen LogP contribution in [0.4, 0.5) is 5.69 Å². The highest BCUT2D eigenvalue weighted by Crippen LogP contribution is 2.29. The van der Waals surface area contributed by atoms with E-state index < -0.39 is 33.3 Å². The van der Waals surface area contributed by atoms with Crippen molar-refractivity contribution < 1.29 is 23.1 Å². The van der Waals surface area contributed by atoms with Gasteiger partial charge in [-0.05, 0) is 24.3 Å². The van der Waals surface area contributed by atoms with Gasteiger partial charge in [0, 0.05) is 5.56 Å². The molecule has 0 aliphatic carbocycles. The van der Waals surface area contributed by atoms with Crippen LogP contribution in [0.2, 0.25) is 0 Å². The summed E-state index contributed by atoms with van der Waals surface area (Å²) in [7, 11) is -4.01. The number of rotatable bonds is 3. The number of benzene rings is 2. The summed E-state index contributed by atoms with van der Waals surface area (Å²) in [4.78, 5) is 23.7. The highest BCUT2D eigenvalue weighted by molar-refractivity contribution is 7.89. The summed E-state index contributed by atoms with van der Waals surface area (Å²) in [6, 6.07) is 11.7. The van der Waals surface area contributed by atoms with Crippen LogP contribution in [0.3, 0.4) is 0 Å². The van der Waals surface area contributed by atoms with Gasteiger partial charge in [-0.15, -0.1) is 0 Å². The summed E-state index contributed by atoms with van der Waals surface area (Å²) < 4.78 is 26.5. The minimum atomic E-state index is -4.01. The zero-order chi connectivity index (χ0) is 18.2. The number of amides is 2. The maximum atomic E-state index is 12.4. The van der Waals surface area contributed by atoms with Gasteiger partial charge >= 0.3 is 0 Å². The quantitative estimate of drug-likeness (QED) is 0.646. The van der Waals surface area contributed by atoms with E-state index in [-0.39, 0.29) is 21.7 Å². The Bertz CT molecular complexity index is 1030. The summed E-state index contributed by atoms with van der Waals surface area (Å²) in [5, 5.41) is 12.7. The molecule has 9 heteroatoms. The van der Waals surface area contributed by atoms with Crippen molar-refractivity contribution in [2.45, 2.75) is 4.90 Å². The highest BCUT2D eigenvalue weighted by atomic mass is 32.2. The summed E-state index contributed by atoms with van der Waals surface area (Å²) >= 11 is 0. The molecule has 2 aromatic carbocycles. The number of sulfonamides is 1. The SMILES string of the molecule is NC(=O)c1ccccc1NC(=O)C1=C(O)c2ccccc2S(=O)(=O)N1. The van der Waals surface area contributed by atoms with Crippen LogP contribution in [0, 0.1) is 0 Å². The average Bonchev–Trinajstić information content (AvgIpc) is 2.58. The Hall–Kier alpha value is -3.33. The summed E-state index contributed by atoms with van der Waals surface area (Å²) in [5.41, 5.74) is 4.85. The normalized spacial score (nSPS) is 15.0. The van der Waals surface area contributed by atoms with Gasteiger partial charge in [0.05, 0.1) is 16.1 Å². The molecule has 1 heterocycles. The number of nitrogens with one attached hydrogen (secondary N) is 2. The molecular weight excluding hydrogens is 346 g/mol. The first-order chi connectivity index (χ1) is 11.8. The smallest absolute Gasteiger partial charge is 0.276 e. The molecule has 0 aromatic heterocycles. The average molecular weight is 359 g/mol. The van der Waals surface area contributed by atoms with E-state index in [9.17, 15) is 23.1 Å². The molecule has 0 fully saturated rings. The fourth-order valence-electron chi connectivity index (χ4n) is 2.41. The van der Waals surface area contributed by atoms with Gasteiger partial charge in [0.25, 0.3) is 21.8 Å². The topological polar surface area (TPSA) is 139 Å². The number of aliphatic hydroxyl groups excluding tert-OH is 1. The van der Waals surface area contributed by atoms with E-state index in [2.05, 4.69) is 5.32 Å². The maximum absolute atomic E-state index is 12.4. The lowest BCUT2D eigenvalue weighted by atomic mass is 10.1. The van der Waals surface area contributed by atoms with Crippen LogP contribution >= 0.6 is 0 Å². The van der Waals surface area contributed by atoms with Crippen LogP contribution in [0.1, 0.15) is 15.9 Å². The summed E-state index contributed by atoms with van der Waals surface area (Å²) in [6.07, 6.45) is 0. The van der Waals surface area contributed by atoms with E-state index in [1.54, 1.807) is 12.1 Å². The largest absolute Gasteiger partial charge is 0.505 e. The van der Waals surface area contributed by atoms with Crippen molar-refractivity contribution in [3.05, 3.63) is 65.4 Å². The molecular formula is C16H13N3O5S. The third kappa shape index (κ3) is 2.92. The lowest BCUT2D eigenvalue weighted by Crippen LogP contribution is -2.35. The third-order valence-corrected chi connectivity index (χ3v) is 4.98. The standard InChI is InChI=1S/C16H13N3O5S/c17-15(21)9-5-1-3-7-11(9)18-16(22)13-14(20)10-6-2-4-8-12(10)25(23,24)19-13/h1-8,19-20H,(H2,17,21)(H,18,22). The van der Waals surface area contributed by atoms with Gasteiger partial charge in [-0.25, -0.2) is 8.42 Å². The molecule has 0 saturated carbocycles. The number of fused-ring (bicyclic) bond motifs is 1. The molecule has 5 N–H and O–H groups in total. The number of carbonyl (C=O) groups is 2. The van der Waals surface area contributed by atoms with Gasteiger partial charge in [-0.3, -0.25) is 14.3 Å². The molecule has 1 aliphatic rings. The summed E-state index contributed by atoms with van der Waals surface area (Å²) in [6.45, 7) is 0. The Labute approximate surface area is 143 Å². The van der Waals surface area contributed by atoms with Gasteiger partial charge in [-0.2, -0.15) is 0 Å². The number of primary amides is 1. The molecule has 3 rings (SSSR count). The molecule has 25 heavy (non-hydrogen) atoms. The molecule has 1 aliphatic heterocycles. The van der Waals surface area contributed by atoms with Gasteiger partial charge in [0.1, 0.15) is 0 Å². The second-order valence-corrected chi connectivity index (χ2v) is 6.84. The van der Waals surface area contributed by atoms with Crippen molar-refractivity contribution in [2.75, 3.05) is 5.32 Å². The molecule has 0 saturated heterocycles. The number of aliphatic hydroxyl groups is 1. The number of para-hydroxylation sites is 1. The number of nitrogens with two attached hydrogens (primary N) is 1. The van der Waals surface area contributed by atoms with E-state index in [1.807, 2.05) is 4.72 Å². The molecule has 0 spiro atoms. The first-order valence-corrected chi connectivity index (χ1v) is 8.55. The fourth-order valence-corrected chi connectivity index (χ4v) is 3.69. The predicted molar refractivity (Wildman–Crippen MR) is 89.9 cm³/mol. The highest BCUT2D eigenvalue weighted by Gasteiger charge is 2.32. The van der Waals surface area contributed by atoms with Gasteiger partial charge < -0.3 is 16.2 Å². The zero-order valence-corrected chi connectivity index (χ0v) is 13.5. The molecule has 0 bridgehead atoms. The van der Waals surface area contributed by atoms with Gasteiger partial charge in [0.15, 0.2) is 11.5 Å². The molecule has 0 radical (unpaired) electrons. The minimum Gasteiger partial charge on any atom is -0.505 e. The Morgan fingerprint density at radius 2 is 1.68 bits per heavy atom. The van der Waals surface area contributed by atoms with Crippen LogP contribution in [0.15, 0.2) is 59.1 Å². The number of hydrogen-bond donors (Lipinski definition) is 4.